The van der Waals surface area contributed by atoms with E-state index in [9.17, 15) is 4.79 Å². The number of aryl methyl sites for hydroxylation is 1. The molecule has 6 heteroatoms. The molecule has 1 atom stereocenters. The van der Waals surface area contributed by atoms with E-state index >= 15 is 0 Å². The fourth-order valence-electron chi connectivity index (χ4n) is 2.95. The Morgan fingerprint density at radius 2 is 2.09 bits per heavy atom. The van der Waals surface area contributed by atoms with Gasteiger partial charge < -0.3 is 15.5 Å². The maximum Gasteiger partial charge on any atom is 0.315 e. The Morgan fingerprint density at radius 1 is 1.36 bits per heavy atom. The Morgan fingerprint density at radius 3 is 2.73 bits per heavy atom. The Balaban J connectivity index is 1.64. The largest absolute Gasteiger partial charge is 0.338 e. The molecule has 0 saturated carbocycles. The fraction of sp³-hybridized carbons (Fsp3) is 0.750. The monoisotopic (exact) mass is 307 g/mol. The zero-order valence-electron chi connectivity index (χ0n) is 14.1. The van der Waals surface area contributed by atoms with Crippen LogP contribution in [0.3, 0.4) is 0 Å². The van der Waals surface area contributed by atoms with E-state index in [1.165, 1.54) is 32.4 Å². The van der Waals surface area contributed by atoms with Crippen LogP contribution in [0.25, 0.3) is 0 Å². The summed E-state index contributed by atoms with van der Waals surface area (Å²) in [5.41, 5.74) is 2.14. The van der Waals surface area contributed by atoms with Crippen molar-refractivity contribution >= 4 is 6.03 Å². The first-order chi connectivity index (χ1) is 10.6. The highest BCUT2D eigenvalue weighted by atomic mass is 16.2. The van der Waals surface area contributed by atoms with Crippen LogP contribution in [0.15, 0.2) is 6.20 Å². The molecule has 0 unspecified atom stereocenters. The van der Waals surface area contributed by atoms with Gasteiger partial charge in [-0.3, -0.25) is 4.68 Å². The SMILES string of the molecule is Cc1c([C@H](C)NC(=O)NCCCN2CCCCC2)cnn1C. The van der Waals surface area contributed by atoms with Gasteiger partial charge in [-0.1, -0.05) is 6.42 Å². The molecule has 0 aromatic carbocycles. The molecule has 1 aliphatic heterocycles. The van der Waals surface area contributed by atoms with Gasteiger partial charge in [0.05, 0.1) is 12.2 Å². The number of amides is 2. The zero-order chi connectivity index (χ0) is 15.9. The number of nitrogens with zero attached hydrogens (tertiary/aromatic N) is 3. The van der Waals surface area contributed by atoms with Crippen molar-refractivity contribution in [2.75, 3.05) is 26.2 Å². The summed E-state index contributed by atoms with van der Waals surface area (Å²) in [6.45, 7) is 8.22. The van der Waals surface area contributed by atoms with Crippen LogP contribution >= 0.6 is 0 Å². The maximum atomic E-state index is 11.9. The van der Waals surface area contributed by atoms with E-state index in [1.54, 1.807) is 0 Å². The minimum Gasteiger partial charge on any atom is -0.338 e. The highest BCUT2D eigenvalue weighted by Crippen LogP contribution is 2.15. The molecule has 1 aromatic rings. The lowest BCUT2D eigenvalue weighted by Gasteiger charge is -2.26. The van der Waals surface area contributed by atoms with Crippen molar-refractivity contribution in [3.8, 4) is 0 Å². The molecule has 1 aliphatic rings. The molecule has 2 heterocycles. The first-order valence-electron chi connectivity index (χ1n) is 8.33. The minimum absolute atomic E-state index is 0.0317. The lowest BCUT2D eigenvalue weighted by Crippen LogP contribution is -2.39. The molecular formula is C16H29N5O. The smallest absolute Gasteiger partial charge is 0.315 e. The average molecular weight is 307 g/mol. The molecule has 1 aromatic heterocycles. The van der Waals surface area contributed by atoms with E-state index in [4.69, 9.17) is 0 Å². The average Bonchev–Trinajstić information content (AvgIpc) is 2.84. The Labute approximate surface area is 133 Å². The van der Waals surface area contributed by atoms with Crippen LogP contribution < -0.4 is 10.6 Å². The van der Waals surface area contributed by atoms with Crippen LogP contribution in [0.4, 0.5) is 4.79 Å². The number of rotatable bonds is 6. The van der Waals surface area contributed by atoms with Gasteiger partial charge in [-0.15, -0.1) is 0 Å². The lowest BCUT2D eigenvalue weighted by molar-refractivity contribution is 0.221. The van der Waals surface area contributed by atoms with E-state index in [0.29, 0.717) is 0 Å². The van der Waals surface area contributed by atoms with Gasteiger partial charge in [-0.2, -0.15) is 5.10 Å². The quantitative estimate of drug-likeness (QED) is 0.790. The third-order valence-corrected chi connectivity index (χ3v) is 4.47. The number of urea groups is 1. The van der Waals surface area contributed by atoms with E-state index < -0.39 is 0 Å². The highest BCUT2D eigenvalue weighted by molar-refractivity contribution is 5.74. The number of likely N-dealkylation sites (tertiary alicyclic amines) is 1. The van der Waals surface area contributed by atoms with Gasteiger partial charge in [0.2, 0.25) is 0 Å². The summed E-state index contributed by atoms with van der Waals surface area (Å²) in [6.07, 6.45) is 6.82. The van der Waals surface area contributed by atoms with Crippen LogP contribution in [0, 0.1) is 6.92 Å². The predicted molar refractivity (Wildman–Crippen MR) is 87.8 cm³/mol. The molecule has 0 aliphatic carbocycles. The molecule has 2 amide bonds. The van der Waals surface area contributed by atoms with Gasteiger partial charge in [0, 0.05) is 24.8 Å². The van der Waals surface area contributed by atoms with Crippen LogP contribution in [0.1, 0.15) is 49.9 Å². The molecular weight excluding hydrogens is 278 g/mol. The second-order valence-corrected chi connectivity index (χ2v) is 6.19. The van der Waals surface area contributed by atoms with Crippen molar-refractivity contribution in [3.05, 3.63) is 17.5 Å². The number of carbonyl (C=O) groups is 1. The van der Waals surface area contributed by atoms with Crippen LogP contribution in [0.2, 0.25) is 0 Å². The van der Waals surface area contributed by atoms with Gasteiger partial charge in [-0.05, 0) is 52.7 Å². The normalized spacial score (nSPS) is 17.2. The van der Waals surface area contributed by atoms with E-state index in [1.807, 2.05) is 31.8 Å². The van der Waals surface area contributed by atoms with Gasteiger partial charge in [0.25, 0.3) is 0 Å². The number of hydrogen-bond acceptors (Lipinski definition) is 3. The number of piperidine rings is 1. The maximum absolute atomic E-state index is 11.9. The molecule has 1 saturated heterocycles. The summed E-state index contributed by atoms with van der Waals surface area (Å²) in [4.78, 5) is 14.4. The van der Waals surface area contributed by atoms with E-state index in [2.05, 4.69) is 20.6 Å². The van der Waals surface area contributed by atoms with Crippen molar-refractivity contribution in [1.82, 2.24) is 25.3 Å². The summed E-state index contributed by atoms with van der Waals surface area (Å²) in [5.74, 6) is 0. The van der Waals surface area contributed by atoms with Crippen molar-refractivity contribution < 1.29 is 4.79 Å². The van der Waals surface area contributed by atoms with Crippen molar-refractivity contribution in [1.29, 1.82) is 0 Å². The fourth-order valence-corrected chi connectivity index (χ4v) is 2.95. The number of hydrogen-bond donors (Lipinski definition) is 2. The summed E-state index contributed by atoms with van der Waals surface area (Å²) in [5, 5.41) is 10.1. The van der Waals surface area contributed by atoms with Gasteiger partial charge in [0.1, 0.15) is 0 Å². The van der Waals surface area contributed by atoms with E-state index in [-0.39, 0.29) is 12.1 Å². The standard InChI is InChI=1S/C16H29N5O/c1-13(15-12-18-20(3)14(15)2)19-16(22)17-8-7-11-21-9-5-4-6-10-21/h12-13H,4-11H2,1-3H3,(H2,17,19,22)/t13-/m0/s1. The second kappa shape index (κ2) is 8.17. The Bertz CT molecular complexity index is 479. The number of aromatic nitrogens is 2. The van der Waals surface area contributed by atoms with Crippen molar-refractivity contribution in [2.45, 2.75) is 45.6 Å². The van der Waals surface area contributed by atoms with Gasteiger partial charge in [0.15, 0.2) is 0 Å². The Kier molecular flexibility index (Phi) is 6.24. The van der Waals surface area contributed by atoms with Crippen LogP contribution in [0.5, 0.6) is 0 Å². The third kappa shape index (κ3) is 4.73. The molecule has 0 spiro atoms. The molecule has 22 heavy (non-hydrogen) atoms. The topological polar surface area (TPSA) is 62.2 Å². The number of carbonyl (C=O) groups excluding carboxylic acids is 1. The summed E-state index contributed by atoms with van der Waals surface area (Å²) in [7, 11) is 1.91. The molecule has 0 bridgehead atoms. The molecule has 1 fully saturated rings. The zero-order valence-corrected chi connectivity index (χ0v) is 14.1. The summed E-state index contributed by atoms with van der Waals surface area (Å²) in [6, 6.07) is -0.134. The molecule has 6 nitrogen and oxygen atoms in total. The summed E-state index contributed by atoms with van der Waals surface area (Å²) >= 11 is 0. The predicted octanol–water partition coefficient (Wildman–Crippen LogP) is 1.96. The van der Waals surface area contributed by atoms with Gasteiger partial charge >= 0.3 is 6.03 Å². The first-order valence-corrected chi connectivity index (χ1v) is 8.33. The van der Waals surface area contributed by atoms with Crippen LogP contribution in [-0.2, 0) is 7.05 Å². The molecule has 2 N–H and O–H groups in total. The lowest BCUT2D eigenvalue weighted by atomic mass is 10.1. The number of nitrogens with one attached hydrogen (secondary N) is 2. The highest BCUT2D eigenvalue weighted by Gasteiger charge is 2.14. The van der Waals surface area contributed by atoms with Crippen LogP contribution in [-0.4, -0.2) is 46.9 Å². The van der Waals surface area contributed by atoms with E-state index in [0.717, 1.165) is 30.8 Å². The van der Waals surface area contributed by atoms with Gasteiger partial charge in [-0.25, -0.2) is 4.79 Å². The molecule has 0 radical (unpaired) electrons. The Hall–Kier alpha value is -1.56. The second-order valence-electron chi connectivity index (χ2n) is 6.19. The van der Waals surface area contributed by atoms with Crippen molar-refractivity contribution in [3.63, 3.8) is 0 Å². The molecule has 2 rings (SSSR count). The summed E-state index contributed by atoms with van der Waals surface area (Å²) < 4.78 is 1.82. The van der Waals surface area contributed by atoms with Crippen molar-refractivity contribution in [2.24, 2.45) is 7.05 Å². The first kappa shape index (κ1) is 16.8. The third-order valence-electron chi connectivity index (χ3n) is 4.47. The minimum atomic E-state index is -0.102. The molecule has 124 valence electrons.